The van der Waals surface area contributed by atoms with Crippen molar-refractivity contribution in [3.05, 3.63) is 24.0 Å². The molecule has 0 aromatic carbocycles. The van der Waals surface area contributed by atoms with E-state index in [1.54, 1.807) is 24.0 Å². The molecule has 0 radical (unpaired) electrons. The molecule has 16 heavy (non-hydrogen) atoms. The number of amides is 1. The van der Waals surface area contributed by atoms with Crippen molar-refractivity contribution in [2.24, 2.45) is 12.8 Å². The molecular weight excluding hydrogens is 208 g/mol. The summed E-state index contributed by atoms with van der Waals surface area (Å²) in [6.45, 7) is 0. The number of carbonyl (C=O) groups excluding carboxylic acids is 1. The van der Waals surface area contributed by atoms with Gasteiger partial charge >= 0.3 is 0 Å². The van der Waals surface area contributed by atoms with Crippen LogP contribution in [0, 0.1) is 0 Å². The first-order valence-electron chi connectivity index (χ1n) is 4.50. The van der Waals surface area contributed by atoms with E-state index >= 15 is 0 Å². The van der Waals surface area contributed by atoms with Crippen LogP contribution in [0.3, 0.4) is 0 Å². The Hall–Kier alpha value is -2.44. The van der Waals surface area contributed by atoms with Crippen LogP contribution in [-0.2, 0) is 7.05 Å². The Bertz CT molecular complexity index is 547. The Morgan fingerprint density at radius 3 is 2.75 bits per heavy atom. The van der Waals surface area contributed by atoms with E-state index in [1.165, 1.54) is 6.20 Å². The van der Waals surface area contributed by atoms with Crippen LogP contribution in [0.25, 0.3) is 11.5 Å². The summed E-state index contributed by atoms with van der Waals surface area (Å²) in [4.78, 5) is 18.9. The molecule has 0 aliphatic rings. The lowest BCUT2D eigenvalue weighted by molar-refractivity contribution is 0.100. The standard InChI is InChI=1S/C9H10N6O/c1-15-3-2-6(14-15)9-12-4-5(8(11)16)7(10)13-9/h2-4H,1H3,(H2,11,16)(H2,10,12,13). The van der Waals surface area contributed by atoms with Gasteiger partial charge in [-0.1, -0.05) is 0 Å². The van der Waals surface area contributed by atoms with Crippen molar-refractivity contribution in [1.29, 1.82) is 0 Å². The van der Waals surface area contributed by atoms with Crippen LogP contribution in [0.1, 0.15) is 10.4 Å². The van der Waals surface area contributed by atoms with E-state index in [0.717, 1.165) is 0 Å². The molecule has 4 N–H and O–H groups in total. The van der Waals surface area contributed by atoms with Crippen LogP contribution in [0.15, 0.2) is 18.5 Å². The lowest BCUT2D eigenvalue weighted by Gasteiger charge is -2.01. The van der Waals surface area contributed by atoms with Gasteiger partial charge in [-0.05, 0) is 6.07 Å². The normalized spacial score (nSPS) is 10.3. The zero-order valence-electron chi connectivity index (χ0n) is 8.58. The molecule has 7 heteroatoms. The number of nitrogen functional groups attached to an aromatic ring is 1. The van der Waals surface area contributed by atoms with Crippen LogP contribution < -0.4 is 11.5 Å². The number of primary amides is 1. The minimum absolute atomic E-state index is 0.0585. The van der Waals surface area contributed by atoms with Gasteiger partial charge in [0.25, 0.3) is 5.91 Å². The number of aromatic nitrogens is 4. The molecule has 2 rings (SSSR count). The van der Waals surface area contributed by atoms with Crippen LogP contribution in [0.5, 0.6) is 0 Å². The van der Waals surface area contributed by atoms with Crippen molar-refractivity contribution in [3.63, 3.8) is 0 Å². The third-order valence-electron chi connectivity index (χ3n) is 2.03. The van der Waals surface area contributed by atoms with Crippen molar-refractivity contribution in [1.82, 2.24) is 19.7 Å². The smallest absolute Gasteiger partial charge is 0.254 e. The topological polar surface area (TPSA) is 113 Å². The van der Waals surface area contributed by atoms with Gasteiger partial charge in [0.15, 0.2) is 5.82 Å². The molecule has 0 unspecified atom stereocenters. The van der Waals surface area contributed by atoms with Gasteiger partial charge in [0.1, 0.15) is 11.5 Å². The summed E-state index contributed by atoms with van der Waals surface area (Å²) in [5.41, 5.74) is 11.4. The van der Waals surface area contributed by atoms with E-state index < -0.39 is 5.91 Å². The predicted octanol–water partition coefficient (Wildman–Crippen LogP) is -0.442. The average Bonchev–Trinajstić information content (AvgIpc) is 2.64. The quantitative estimate of drug-likeness (QED) is 0.709. The lowest BCUT2D eigenvalue weighted by atomic mass is 10.3. The lowest BCUT2D eigenvalue weighted by Crippen LogP contribution is -2.15. The van der Waals surface area contributed by atoms with Crippen LogP contribution >= 0.6 is 0 Å². The SMILES string of the molecule is Cn1ccc(-c2ncc(C(N)=O)c(N)n2)n1. The highest BCUT2D eigenvalue weighted by molar-refractivity contribution is 5.96. The highest BCUT2D eigenvalue weighted by Crippen LogP contribution is 2.14. The zero-order chi connectivity index (χ0) is 11.7. The van der Waals surface area contributed by atoms with E-state index in [-0.39, 0.29) is 11.4 Å². The van der Waals surface area contributed by atoms with Crippen molar-refractivity contribution in [2.45, 2.75) is 0 Å². The van der Waals surface area contributed by atoms with Crippen LogP contribution in [0.2, 0.25) is 0 Å². The van der Waals surface area contributed by atoms with Gasteiger partial charge in [-0.25, -0.2) is 9.97 Å². The van der Waals surface area contributed by atoms with Gasteiger partial charge in [0.05, 0.1) is 5.56 Å². The molecule has 1 amide bonds. The van der Waals surface area contributed by atoms with Crippen molar-refractivity contribution >= 4 is 11.7 Å². The molecule has 0 spiro atoms. The number of carbonyl (C=O) groups is 1. The highest BCUT2D eigenvalue weighted by atomic mass is 16.1. The molecule has 0 bridgehead atoms. The fourth-order valence-electron chi connectivity index (χ4n) is 1.24. The molecule has 7 nitrogen and oxygen atoms in total. The molecule has 2 aromatic heterocycles. The molecule has 0 aliphatic carbocycles. The second-order valence-corrected chi connectivity index (χ2v) is 3.23. The number of nitrogens with two attached hydrogens (primary N) is 2. The predicted molar refractivity (Wildman–Crippen MR) is 57.2 cm³/mol. The maximum Gasteiger partial charge on any atom is 0.254 e. The summed E-state index contributed by atoms with van der Waals surface area (Å²) in [7, 11) is 1.78. The van der Waals surface area contributed by atoms with Crippen molar-refractivity contribution < 1.29 is 4.79 Å². The monoisotopic (exact) mass is 218 g/mol. The Balaban J connectivity index is 2.45. The molecule has 82 valence electrons. The van der Waals surface area contributed by atoms with Gasteiger partial charge in [-0.2, -0.15) is 5.10 Å². The maximum absolute atomic E-state index is 10.9. The van der Waals surface area contributed by atoms with Crippen LogP contribution in [-0.4, -0.2) is 25.7 Å². The third kappa shape index (κ3) is 1.70. The summed E-state index contributed by atoms with van der Waals surface area (Å²) < 4.78 is 1.62. The van der Waals surface area contributed by atoms with Gasteiger partial charge < -0.3 is 11.5 Å². The zero-order valence-corrected chi connectivity index (χ0v) is 8.58. The number of hydrogen-bond donors (Lipinski definition) is 2. The summed E-state index contributed by atoms with van der Waals surface area (Å²) in [6.07, 6.45) is 3.06. The van der Waals surface area contributed by atoms with Gasteiger partial charge in [0.2, 0.25) is 0 Å². The molecule has 2 heterocycles. The fraction of sp³-hybridized carbons (Fsp3) is 0.111. The first kappa shape index (κ1) is 10.1. The van der Waals surface area contributed by atoms with Crippen molar-refractivity contribution in [2.75, 3.05) is 5.73 Å². The molecule has 0 saturated carbocycles. The van der Waals surface area contributed by atoms with Gasteiger partial charge in [-0.3, -0.25) is 9.48 Å². The third-order valence-corrected chi connectivity index (χ3v) is 2.03. The first-order chi connectivity index (χ1) is 7.58. The van der Waals surface area contributed by atoms with Gasteiger partial charge in [0, 0.05) is 19.4 Å². The second kappa shape index (κ2) is 3.61. The Morgan fingerprint density at radius 1 is 1.50 bits per heavy atom. The van der Waals surface area contributed by atoms with E-state index in [4.69, 9.17) is 11.5 Å². The molecule has 0 saturated heterocycles. The van der Waals surface area contributed by atoms with E-state index in [9.17, 15) is 4.79 Å². The number of nitrogens with zero attached hydrogens (tertiary/aromatic N) is 4. The number of aryl methyl sites for hydroxylation is 1. The summed E-state index contributed by atoms with van der Waals surface area (Å²) in [6, 6.07) is 1.75. The van der Waals surface area contributed by atoms with Gasteiger partial charge in [-0.15, -0.1) is 0 Å². The van der Waals surface area contributed by atoms with E-state index in [2.05, 4.69) is 15.1 Å². The average molecular weight is 218 g/mol. The fourth-order valence-corrected chi connectivity index (χ4v) is 1.24. The minimum Gasteiger partial charge on any atom is -0.383 e. The summed E-state index contributed by atoms with van der Waals surface area (Å²) >= 11 is 0. The van der Waals surface area contributed by atoms with E-state index in [1.807, 2.05) is 0 Å². The molecule has 2 aromatic rings. The second-order valence-electron chi connectivity index (χ2n) is 3.23. The number of anilines is 1. The first-order valence-corrected chi connectivity index (χ1v) is 4.50. The number of hydrogen-bond acceptors (Lipinski definition) is 5. The largest absolute Gasteiger partial charge is 0.383 e. The maximum atomic E-state index is 10.9. The molecular formula is C9H10N6O. The molecule has 0 atom stereocenters. The Morgan fingerprint density at radius 2 is 2.25 bits per heavy atom. The Labute approximate surface area is 91.1 Å². The van der Waals surface area contributed by atoms with E-state index in [0.29, 0.717) is 11.5 Å². The summed E-state index contributed by atoms with van der Waals surface area (Å²) in [5.74, 6) is -0.226. The number of rotatable bonds is 2. The van der Waals surface area contributed by atoms with Crippen molar-refractivity contribution in [3.8, 4) is 11.5 Å². The molecule has 0 fully saturated rings. The van der Waals surface area contributed by atoms with Crippen LogP contribution in [0.4, 0.5) is 5.82 Å². The highest BCUT2D eigenvalue weighted by Gasteiger charge is 2.11. The minimum atomic E-state index is -0.648. The Kier molecular flexibility index (Phi) is 2.28. The molecule has 0 aliphatic heterocycles. The summed E-state index contributed by atoms with van der Waals surface area (Å²) in [5, 5.41) is 4.12.